The number of nitrogens with one attached hydrogen (secondary N) is 2. The van der Waals surface area contributed by atoms with E-state index in [0.29, 0.717) is 25.9 Å². The van der Waals surface area contributed by atoms with Crippen LogP contribution in [0, 0.1) is 5.41 Å². The zero-order valence-corrected chi connectivity index (χ0v) is 15.6. The molecule has 0 radical (unpaired) electrons. The van der Waals surface area contributed by atoms with Gasteiger partial charge in [-0.25, -0.2) is 10.9 Å². The van der Waals surface area contributed by atoms with E-state index in [0.717, 1.165) is 37.9 Å². The Morgan fingerprint density at radius 2 is 2.07 bits per heavy atom. The lowest BCUT2D eigenvalue weighted by Gasteiger charge is -2.48. The highest BCUT2D eigenvalue weighted by Gasteiger charge is 2.44. The molecule has 3 aliphatic rings. The molecule has 1 aromatic heterocycles. The van der Waals surface area contributed by atoms with Crippen LogP contribution in [0.4, 0.5) is 0 Å². The van der Waals surface area contributed by atoms with Gasteiger partial charge in [-0.3, -0.25) is 14.6 Å². The van der Waals surface area contributed by atoms with Gasteiger partial charge in [-0.15, -0.1) is 0 Å². The number of hydrazine groups is 1. The predicted octanol–water partition coefficient (Wildman–Crippen LogP) is -0.0359. The summed E-state index contributed by atoms with van der Waals surface area (Å²) < 4.78 is 0. The molecule has 4 N–H and O–H groups in total. The van der Waals surface area contributed by atoms with Crippen LogP contribution in [0.1, 0.15) is 37.7 Å². The first-order chi connectivity index (χ1) is 13.0. The van der Waals surface area contributed by atoms with Gasteiger partial charge >= 0.3 is 0 Å². The van der Waals surface area contributed by atoms with Crippen LogP contribution in [0.5, 0.6) is 0 Å². The molecule has 3 unspecified atom stereocenters. The number of carbonyl (C=O) groups is 2. The average Bonchev–Trinajstić information content (AvgIpc) is 3.12. The molecule has 1 aromatic rings. The van der Waals surface area contributed by atoms with Crippen LogP contribution in [-0.2, 0) is 16.1 Å². The standard InChI is InChI=1S/C19H28N6O2/c20-16-10-15(22-23-16)18(27)24-9-1-5-19(12-24)6-2-17(26)25(13-19)11-14-3-7-21-8-4-14/h3-4,7-8,15-16,22-23H,1-2,5-6,9-13,20H2. The fourth-order valence-electron chi connectivity index (χ4n) is 4.65. The molecule has 3 fully saturated rings. The monoisotopic (exact) mass is 372 g/mol. The molecule has 8 heteroatoms. The summed E-state index contributed by atoms with van der Waals surface area (Å²) in [5, 5.41) is 0. The Bertz CT molecular complexity index is 699. The smallest absolute Gasteiger partial charge is 0.241 e. The van der Waals surface area contributed by atoms with E-state index in [4.69, 9.17) is 5.73 Å². The first kappa shape index (κ1) is 18.3. The Morgan fingerprint density at radius 3 is 2.81 bits per heavy atom. The fraction of sp³-hybridized carbons (Fsp3) is 0.632. The largest absolute Gasteiger partial charge is 0.341 e. The Labute approximate surface area is 159 Å². The molecule has 27 heavy (non-hydrogen) atoms. The maximum Gasteiger partial charge on any atom is 0.241 e. The van der Waals surface area contributed by atoms with E-state index in [2.05, 4.69) is 15.8 Å². The minimum Gasteiger partial charge on any atom is -0.341 e. The third-order valence-electron chi connectivity index (χ3n) is 6.07. The summed E-state index contributed by atoms with van der Waals surface area (Å²) in [7, 11) is 0. The first-order valence-electron chi connectivity index (χ1n) is 9.77. The maximum absolute atomic E-state index is 12.9. The van der Waals surface area contributed by atoms with E-state index < -0.39 is 0 Å². The van der Waals surface area contributed by atoms with E-state index in [-0.39, 0.29) is 29.4 Å². The molecule has 146 valence electrons. The highest BCUT2D eigenvalue weighted by atomic mass is 16.2. The zero-order chi connectivity index (χ0) is 18.9. The molecular weight excluding hydrogens is 344 g/mol. The molecule has 0 bridgehead atoms. The Hall–Kier alpha value is -2.03. The van der Waals surface area contributed by atoms with Gasteiger partial charge in [0.2, 0.25) is 11.8 Å². The van der Waals surface area contributed by atoms with Crippen molar-refractivity contribution in [3.05, 3.63) is 30.1 Å². The fourth-order valence-corrected chi connectivity index (χ4v) is 4.65. The van der Waals surface area contributed by atoms with E-state index in [1.165, 1.54) is 0 Å². The summed E-state index contributed by atoms with van der Waals surface area (Å²) >= 11 is 0. The van der Waals surface area contributed by atoms with Gasteiger partial charge < -0.3 is 15.5 Å². The van der Waals surface area contributed by atoms with Crippen molar-refractivity contribution in [3.8, 4) is 0 Å². The topological polar surface area (TPSA) is 104 Å². The summed E-state index contributed by atoms with van der Waals surface area (Å²) in [6.45, 7) is 2.83. The molecule has 1 spiro atoms. The summed E-state index contributed by atoms with van der Waals surface area (Å²) in [6.07, 6.45) is 7.40. The van der Waals surface area contributed by atoms with E-state index in [9.17, 15) is 9.59 Å². The lowest BCUT2D eigenvalue weighted by atomic mass is 9.73. The summed E-state index contributed by atoms with van der Waals surface area (Å²) in [4.78, 5) is 33.3. The van der Waals surface area contributed by atoms with Crippen LogP contribution in [0.15, 0.2) is 24.5 Å². The van der Waals surface area contributed by atoms with Crippen LogP contribution in [0.25, 0.3) is 0 Å². The number of likely N-dealkylation sites (tertiary alicyclic amines) is 2. The first-order valence-corrected chi connectivity index (χ1v) is 9.77. The highest BCUT2D eigenvalue weighted by molar-refractivity contribution is 5.82. The van der Waals surface area contributed by atoms with E-state index in [1.54, 1.807) is 12.4 Å². The molecule has 0 aliphatic carbocycles. The quantitative estimate of drug-likeness (QED) is 0.688. The maximum atomic E-state index is 12.9. The molecule has 0 saturated carbocycles. The number of hydrogen-bond acceptors (Lipinski definition) is 6. The summed E-state index contributed by atoms with van der Waals surface area (Å²) in [5.41, 5.74) is 12.9. The van der Waals surface area contributed by atoms with Crippen molar-refractivity contribution in [2.75, 3.05) is 19.6 Å². The van der Waals surface area contributed by atoms with Crippen molar-refractivity contribution in [2.45, 2.75) is 50.9 Å². The number of rotatable bonds is 3. The Kier molecular flexibility index (Phi) is 5.12. The number of carbonyl (C=O) groups excluding carboxylic acids is 2. The third kappa shape index (κ3) is 3.97. The van der Waals surface area contributed by atoms with Crippen molar-refractivity contribution < 1.29 is 9.59 Å². The lowest BCUT2D eigenvalue weighted by Crippen LogP contribution is -2.57. The van der Waals surface area contributed by atoms with Gasteiger partial charge in [0.1, 0.15) is 6.04 Å². The van der Waals surface area contributed by atoms with Gasteiger partial charge in [-0.2, -0.15) is 0 Å². The molecule has 2 amide bonds. The van der Waals surface area contributed by atoms with Crippen LogP contribution in [-0.4, -0.2) is 58.4 Å². The Morgan fingerprint density at radius 1 is 1.26 bits per heavy atom. The molecule has 0 aromatic carbocycles. The molecule has 4 heterocycles. The second kappa shape index (κ2) is 7.53. The highest BCUT2D eigenvalue weighted by Crippen LogP contribution is 2.39. The van der Waals surface area contributed by atoms with Crippen LogP contribution in [0.3, 0.4) is 0 Å². The van der Waals surface area contributed by atoms with Crippen molar-refractivity contribution in [1.82, 2.24) is 25.6 Å². The third-order valence-corrected chi connectivity index (χ3v) is 6.07. The normalized spacial score (nSPS) is 31.5. The number of hydrogen-bond donors (Lipinski definition) is 3. The predicted molar refractivity (Wildman–Crippen MR) is 99.8 cm³/mol. The van der Waals surface area contributed by atoms with Crippen molar-refractivity contribution in [1.29, 1.82) is 0 Å². The summed E-state index contributed by atoms with van der Waals surface area (Å²) in [5.74, 6) is 0.320. The van der Waals surface area contributed by atoms with Gasteiger partial charge in [-0.05, 0) is 37.0 Å². The van der Waals surface area contributed by atoms with Gasteiger partial charge in [0, 0.05) is 56.8 Å². The van der Waals surface area contributed by atoms with Gasteiger partial charge in [0.15, 0.2) is 0 Å². The number of aromatic nitrogens is 1. The minimum atomic E-state index is -0.256. The van der Waals surface area contributed by atoms with Crippen LogP contribution in [0.2, 0.25) is 0 Å². The molecule has 3 saturated heterocycles. The van der Waals surface area contributed by atoms with Gasteiger partial charge in [0.05, 0.1) is 6.17 Å². The number of nitrogens with two attached hydrogens (primary N) is 1. The number of piperidine rings is 2. The lowest BCUT2D eigenvalue weighted by molar-refractivity contribution is -0.144. The van der Waals surface area contributed by atoms with E-state index >= 15 is 0 Å². The summed E-state index contributed by atoms with van der Waals surface area (Å²) in [6, 6.07) is 3.65. The van der Waals surface area contributed by atoms with Crippen molar-refractivity contribution >= 4 is 11.8 Å². The molecular formula is C19H28N6O2. The number of pyridine rings is 1. The van der Waals surface area contributed by atoms with E-state index in [1.807, 2.05) is 21.9 Å². The van der Waals surface area contributed by atoms with Crippen LogP contribution < -0.4 is 16.6 Å². The van der Waals surface area contributed by atoms with Gasteiger partial charge in [0.25, 0.3) is 0 Å². The minimum absolute atomic E-state index is 0.00298. The Balaban J connectivity index is 1.43. The van der Waals surface area contributed by atoms with Crippen molar-refractivity contribution in [3.63, 3.8) is 0 Å². The molecule has 3 atom stereocenters. The zero-order valence-electron chi connectivity index (χ0n) is 15.6. The molecule has 3 aliphatic heterocycles. The van der Waals surface area contributed by atoms with Gasteiger partial charge in [-0.1, -0.05) is 0 Å². The number of nitrogens with zero attached hydrogens (tertiary/aromatic N) is 3. The average molecular weight is 372 g/mol. The SMILES string of the molecule is NC1CC(C(=O)N2CCCC3(CCC(=O)N(Cc4ccncc4)C3)C2)NN1. The number of amides is 2. The molecule has 4 rings (SSSR count). The van der Waals surface area contributed by atoms with Crippen molar-refractivity contribution in [2.24, 2.45) is 11.1 Å². The van der Waals surface area contributed by atoms with Crippen LogP contribution >= 0.6 is 0 Å². The second-order valence-electron chi connectivity index (χ2n) is 8.15. The second-order valence-corrected chi connectivity index (χ2v) is 8.15. The molecule has 8 nitrogen and oxygen atoms in total.